The summed E-state index contributed by atoms with van der Waals surface area (Å²) >= 11 is 0. The van der Waals surface area contributed by atoms with E-state index < -0.39 is 0 Å². The van der Waals surface area contributed by atoms with Crippen molar-refractivity contribution in [1.29, 1.82) is 0 Å². The first-order chi connectivity index (χ1) is 9.86. The van der Waals surface area contributed by atoms with Crippen LogP contribution in [0.2, 0.25) is 0 Å². The molecule has 1 aliphatic heterocycles. The van der Waals surface area contributed by atoms with E-state index in [1.54, 1.807) is 13.3 Å². The molecule has 0 spiro atoms. The number of rotatable bonds is 3. The first-order valence-electron chi connectivity index (χ1n) is 6.58. The molecule has 0 bridgehead atoms. The van der Waals surface area contributed by atoms with Crippen LogP contribution in [0.3, 0.4) is 0 Å². The van der Waals surface area contributed by atoms with E-state index in [2.05, 4.69) is 21.7 Å². The Morgan fingerprint density at radius 3 is 3.00 bits per heavy atom. The molecule has 0 fully saturated rings. The molecule has 0 saturated heterocycles. The number of furan rings is 1. The lowest BCUT2D eigenvalue weighted by atomic mass is 10.1. The Balaban J connectivity index is 1.62. The van der Waals surface area contributed by atoms with Crippen LogP contribution in [-0.2, 0) is 6.54 Å². The Labute approximate surface area is 117 Å². The van der Waals surface area contributed by atoms with Gasteiger partial charge in [-0.25, -0.2) is 0 Å². The quantitative estimate of drug-likeness (QED) is 0.663. The van der Waals surface area contributed by atoms with Crippen molar-refractivity contribution in [2.45, 2.75) is 12.6 Å². The summed E-state index contributed by atoms with van der Waals surface area (Å²) in [5, 5.41) is 6.58. The first-order valence-corrected chi connectivity index (χ1v) is 6.58. The van der Waals surface area contributed by atoms with E-state index in [4.69, 9.17) is 9.15 Å². The van der Waals surface area contributed by atoms with Crippen molar-refractivity contribution in [2.75, 3.05) is 13.7 Å². The Bertz CT molecular complexity index is 593. The van der Waals surface area contributed by atoms with Gasteiger partial charge in [0.15, 0.2) is 5.96 Å². The molecule has 1 atom stereocenters. The van der Waals surface area contributed by atoms with E-state index in [9.17, 15) is 0 Å². The summed E-state index contributed by atoms with van der Waals surface area (Å²) in [4.78, 5) is 4.22. The lowest BCUT2D eigenvalue weighted by Crippen LogP contribution is -2.39. The molecule has 5 nitrogen and oxygen atoms in total. The number of ether oxygens (including phenoxy) is 1. The molecule has 1 aromatic carbocycles. The van der Waals surface area contributed by atoms with Crippen molar-refractivity contribution in [3.63, 3.8) is 0 Å². The molecule has 2 heterocycles. The normalized spacial score (nSPS) is 17.4. The maximum absolute atomic E-state index is 5.64. The Kier molecular flexibility index (Phi) is 3.58. The van der Waals surface area contributed by atoms with Crippen LogP contribution in [0.5, 0.6) is 5.75 Å². The molecular formula is C15H17N3O2. The highest BCUT2D eigenvalue weighted by atomic mass is 16.5. The molecule has 2 N–H and O–H groups in total. The molecule has 5 heteroatoms. The minimum Gasteiger partial charge on any atom is -0.491 e. The second-order valence-electron chi connectivity index (χ2n) is 4.55. The predicted molar refractivity (Wildman–Crippen MR) is 76.7 cm³/mol. The van der Waals surface area contributed by atoms with Crippen LogP contribution in [0.4, 0.5) is 0 Å². The van der Waals surface area contributed by atoms with Crippen molar-refractivity contribution in [2.24, 2.45) is 4.99 Å². The molecule has 1 aromatic heterocycles. The van der Waals surface area contributed by atoms with Crippen molar-refractivity contribution in [3.05, 3.63) is 54.0 Å². The van der Waals surface area contributed by atoms with E-state index in [-0.39, 0.29) is 6.04 Å². The molecule has 0 amide bonds. The highest BCUT2D eigenvalue weighted by molar-refractivity contribution is 5.80. The fourth-order valence-electron chi connectivity index (χ4n) is 2.23. The van der Waals surface area contributed by atoms with Gasteiger partial charge in [0.25, 0.3) is 0 Å². The molecule has 0 unspecified atom stereocenters. The third-order valence-corrected chi connectivity index (χ3v) is 3.24. The zero-order valence-electron chi connectivity index (χ0n) is 11.3. The topological polar surface area (TPSA) is 58.8 Å². The van der Waals surface area contributed by atoms with Crippen LogP contribution in [0.25, 0.3) is 0 Å². The SMILES string of the molecule is CN=C(NCc1ccco1)N[C@@H]1COc2ccccc21. The summed E-state index contributed by atoms with van der Waals surface area (Å²) in [6, 6.07) is 12.0. The third-order valence-electron chi connectivity index (χ3n) is 3.24. The Hall–Kier alpha value is -2.43. The van der Waals surface area contributed by atoms with Gasteiger partial charge in [-0.2, -0.15) is 0 Å². The number of guanidine groups is 1. The fraction of sp³-hybridized carbons (Fsp3) is 0.267. The van der Waals surface area contributed by atoms with Crippen LogP contribution in [0.1, 0.15) is 17.4 Å². The summed E-state index contributed by atoms with van der Waals surface area (Å²) in [5.74, 6) is 2.54. The number of para-hydroxylation sites is 1. The van der Waals surface area contributed by atoms with Gasteiger partial charge in [0.05, 0.1) is 18.8 Å². The molecule has 0 saturated carbocycles. The van der Waals surface area contributed by atoms with Gasteiger partial charge in [0, 0.05) is 12.6 Å². The standard InChI is InChI=1S/C15H17N3O2/c1-16-15(17-9-11-5-4-8-19-11)18-13-10-20-14-7-3-2-6-12(13)14/h2-8,13H,9-10H2,1H3,(H2,16,17,18)/t13-/m1/s1. The van der Waals surface area contributed by atoms with Gasteiger partial charge >= 0.3 is 0 Å². The molecule has 0 radical (unpaired) electrons. The van der Waals surface area contributed by atoms with Gasteiger partial charge in [0.1, 0.15) is 18.1 Å². The van der Waals surface area contributed by atoms with Gasteiger partial charge in [-0.1, -0.05) is 18.2 Å². The minimum absolute atomic E-state index is 0.119. The Morgan fingerprint density at radius 1 is 1.30 bits per heavy atom. The summed E-state index contributed by atoms with van der Waals surface area (Å²) < 4.78 is 10.9. The zero-order chi connectivity index (χ0) is 13.8. The minimum atomic E-state index is 0.119. The van der Waals surface area contributed by atoms with Gasteiger partial charge in [0.2, 0.25) is 0 Å². The Morgan fingerprint density at radius 2 is 2.20 bits per heavy atom. The van der Waals surface area contributed by atoms with E-state index >= 15 is 0 Å². The number of hydrogen-bond acceptors (Lipinski definition) is 3. The number of nitrogens with one attached hydrogen (secondary N) is 2. The van der Waals surface area contributed by atoms with Crippen LogP contribution >= 0.6 is 0 Å². The van der Waals surface area contributed by atoms with E-state index in [0.29, 0.717) is 13.2 Å². The highest BCUT2D eigenvalue weighted by Crippen LogP contribution is 2.31. The average molecular weight is 271 g/mol. The number of hydrogen-bond donors (Lipinski definition) is 2. The monoisotopic (exact) mass is 271 g/mol. The van der Waals surface area contributed by atoms with E-state index in [1.807, 2.05) is 30.3 Å². The summed E-state index contributed by atoms with van der Waals surface area (Å²) in [6.07, 6.45) is 1.66. The lowest BCUT2D eigenvalue weighted by Gasteiger charge is -2.16. The zero-order valence-corrected chi connectivity index (χ0v) is 11.3. The summed E-state index contributed by atoms with van der Waals surface area (Å²) in [6.45, 7) is 1.21. The van der Waals surface area contributed by atoms with Crippen LogP contribution in [-0.4, -0.2) is 19.6 Å². The molecule has 0 aliphatic carbocycles. The van der Waals surface area contributed by atoms with Crippen molar-refractivity contribution < 1.29 is 9.15 Å². The van der Waals surface area contributed by atoms with Crippen molar-refractivity contribution in [1.82, 2.24) is 10.6 Å². The van der Waals surface area contributed by atoms with Gasteiger partial charge in [-0.05, 0) is 18.2 Å². The lowest BCUT2D eigenvalue weighted by molar-refractivity contribution is 0.323. The second kappa shape index (κ2) is 5.69. The van der Waals surface area contributed by atoms with Gasteiger partial charge < -0.3 is 19.8 Å². The van der Waals surface area contributed by atoms with E-state index in [1.165, 1.54) is 0 Å². The summed E-state index contributed by atoms with van der Waals surface area (Å²) in [7, 11) is 1.75. The highest BCUT2D eigenvalue weighted by Gasteiger charge is 2.24. The fourth-order valence-corrected chi connectivity index (χ4v) is 2.23. The third kappa shape index (κ3) is 2.61. The molecule has 3 rings (SSSR count). The maximum Gasteiger partial charge on any atom is 0.191 e. The van der Waals surface area contributed by atoms with Crippen LogP contribution in [0.15, 0.2) is 52.1 Å². The van der Waals surface area contributed by atoms with Crippen molar-refractivity contribution >= 4 is 5.96 Å². The first kappa shape index (κ1) is 12.6. The second-order valence-corrected chi connectivity index (χ2v) is 4.55. The number of benzene rings is 1. The molecule has 1 aliphatic rings. The van der Waals surface area contributed by atoms with Gasteiger partial charge in [-0.3, -0.25) is 4.99 Å². The molecule has 2 aromatic rings. The summed E-state index contributed by atoms with van der Waals surface area (Å²) in [5.41, 5.74) is 1.16. The van der Waals surface area contributed by atoms with Crippen LogP contribution < -0.4 is 15.4 Å². The average Bonchev–Trinajstić information content (AvgIpc) is 3.13. The number of aliphatic imine (C=N–C) groups is 1. The smallest absolute Gasteiger partial charge is 0.191 e. The van der Waals surface area contributed by atoms with E-state index in [0.717, 1.165) is 23.0 Å². The molecular weight excluding hydrogens is 254 g/mol. The van der Waals surface area contributed by atoms with Gasteiger partial charge in [-0.15, -0.1) is 0 Å². The maximum atomic E-state index is 5.64. The van der Waals surface area contributed by atoms with Crippen molar-refractivity contribution in [3.8, 4) is 5.75 Å². The largest absolute Gasteiger partial charge is 0.491 e. The van der Waals surface area contributed by atoms with Crippen LogP contribution in [0, 0.1) is 0 Å². The predicted octanol–water partition coefficient (Wildman–Crippen LogP) is 2.08. The number of nitrogens with zero attached hydrogens (tertiary/aromatic N) is 1. The molecule has 20 heavy (non-hydrogen) atoms. The number of fused-ring (bicyclic) bond motifs is 1. The molecule has 104 valence electrons.